The number of nitrogens with one attached hydrogen (secondary N) is 1. The first kappa shape index (κ1) is 14.7. The molecule has 2 atom stereocenters. The molecule has 1 fully saturated rings. The lowest BCUT2D eigenvalue weighted by atomic mass is 10.2. The van der Waals surface area contributed by atoms with E-state index in [-0.39, 0.29) is 17.8 Å². The Labute approximate surface area is 116 Å². The van der Waals surface area contributed by atoms with Crippen LogP contribution < -0.4 is 10.1 Å². The zero-order valence-electron chi connectivity index (χ0n) is 11.2. The van der Waals surface area contributed by atoms with Crippen molar-refractivity contribution < 1.29 is 23.0 Å². The molecule has 1 amide bonds. The fourth-order valence-electron chi connectivity index (χ4n) is 1.97. The van der Waals surface area contributed by atoms with Crippen LogP contribution in [0.5, 0.6) is 5.75 Å². The van der Waals surface area contributed by atoms with Crippen LogP contribution in [0.3, 0.4) is 0 Å². The number of ether oxygens (including phenoxy) is 2. The lowest BCUT2D eigenvalue weighted by Crippen LogP contribution is -2.40. The Morgan fingerprint density at radius 3 is 2.95 bits per heavy atom. The quantitative estimate of drug-likeness (QED) is 0.900. The third-order valence-electron chi connectivity index (χ3n) is 3.10. The van der Waals surface area contributed by atoms with Gasteiger partial charge in [0.25, 0.3) is 5.91 Å². The van der Waals surface area contributed by atoms with Crippen molar-refractivity contribution in [3.63, 3.8) is 0 Å². The second-order valence-corrected chi connectivity index (χ2v) is 4.72. The summed E-state index contributed by atoms with van der Waals surface area (Å²) in [5.74, 6) is -2.16. The molecule has 1 heterocycles. The molecule has 0 aromatic heterocycles. The van der Waals surface area contributed by atoms with E-state index in [1.54, 1.807) is 6.92 Å². The number of carbonyl (C=O) groups excluding carboxylic acids is 1. The summed E-state index contributed by atoms with van der Waals surface area (Å²) in [5, 5.41) is 2.71. The van der Waals surface area contributed by atoms with Crippen LogP contribution in [0.2, 0.25) is 0 Å². The monoisotopic (exact) mass is 285 g/mol. The molecule has 1 aliphatic heterocycles. The van der Waals surface area contributed by atoms with Crippen molar-refractivity contribution in [2.45, 2.75) is 32.0 Å². The van der Waals surface area contributed by atoms with E-state index in [0.29, 0.717) is 6.54 Å². The summed E-state index contributed by atoms with van der Waals surface area (Å²) in [6, 6.07) is 3.16. The van der Waals surface area contributed by atoms with E-state index in [0.717, 1.165) is 31.6 Å². The Kier molecular flexibility index (Phi) is 4.89. The molecule has 20 heavy (non-hydrogen) atoms. The SMILES string of the molecule is CC(Oc1ccc(F)c(F)c1)C(=O)NCC1CCCO1. The second kappa shape index (κ2) is 6.65. The van der Waals surface area contributed by atoms with E-state index in [1.165, 1.54) is 6.07 Å². The van der Waals surface area contributed by atoms with E-state index in [9.17, 15) is 13.6 Å². The van der Waals surface area contributed by atoms with E-state index in [1.807, 2.05) is 0 Å². The normalized spacial score (nSPS) is 19.6. The lowest BCUT2D eigenvalue weighted by Gasteiger charge is -2.16. The van der Waals surface area contributed by atoms with Gasteiger partial charge in [0, 0.05) is 19.2 Å². The maximum atomic E-state index is 13.0. The van der Waals surface area contributed by atoms with Gasteiger partial charge in [-0.05, 0) is 31.9 Å². The number of amides is 1. The highest BCUT2D eigenvalue weighted by molar-refractivity contribution is 5.80. The molecule has 1 N–H and O–H groups in total. The molecule has 110 valence electrons. The van der Waals surface area contributed by atoms with Gasteiger partial charge in [0.2, 0.25) is 0 Å². The Morgan fingerprint density at radius 2 is 2.30 bits per heavy atom. The molecular formula is C14H17F2NO3. The van der Waals surface area contributed by atoms with Crippen molar-refractivity contribution in [1.82, 2.24) is 5.32 Å². The van der Waals surface area contributed by atoms with Crippen molar-refractivity contribution in [2.24, 2.45) is 0 Å². The molecule has 0 bridgehead atoms. The van der Waals surface area contributed by atoms with Gasteiger partial charge < -0.3 is 14.8 Å². The standard InChI is InChI=1S/C14H17F2NO3/c1-9(14(18)17-8-11-3-2-6-19-11)20-10-4-5-12(15)13(16)7-10/h4-5,7,9,11H,2-3,6,8H2,1H3,(H,17,18). The molecule has 2 rings (SSSR count). The van der Waals surface area contributed by atoms with Gasteiger partial charge in [-0.25, -0.2) is 8.78 Å². The summed E-state index contributed by atoms with van der Waals surface area (Å²) in [5.41, 5.74) is 0. The van der Waals surface area contributed by atoms with Crippen LogP contribution in [-0.2, 0) is 9.53 Å². The molecule has 1 aromatic carbocycles. The molecule has 0 aliphatic carbocycles. The predicted molar refractivity (Wildman–Crippen MR) is 68.4 cm³/mol. The third-order valence-corrected chi connectivity index (χ3v) is 3.10. The zero-order chi connectivity index (χ0) is 14.5. The highest BCUT2D eigenvalue weighted by atomic mass is 19.2. The first-order valence-corrected chi connectivity index (χ1v) is 6.57. The van der Waals surface area contributed by atoms with E-state index in [4.69, 9.17) is 9.47 Å². The molecule has 0 spiro atoms. The van der Waals surface area contributed by atoms with Gasteiger partial charge in [0.05, 0.1) is 6.10 Å². The Morgan fingerprint density at radius 1 is 1.50 bits per heavy atom. The minimum absolute atomic E-state index is 0.0504. The summed E-state index contributed by atoms with van der Waals surface area (Å²) in [6.07, 6.45) is 1.19. The van der Waals surface area contributed by atoms with E-state index < -0.39 is 17.7 Å². The highest BCUT2D eigenvalue weighted by Gasteiger charge is 2.19. The summed E-state index contributed by atoms with van der Waals surface area (Å²) in [7, 11) is 0. The fourth-order valence-corrected chi connectivity index (χ4v) is 1.97. The number of halogens is 2. The largest absolute Gasteiger partial charge is 0.481 e. The minimum atomic E-state index is -1.01. The van der Waals surface area contributed by atoms with Crippen molar-refractivity contribution in [3.05, 3.63) is 29.8 Å². The lowest BCUT2D eigenvalue weighted by molar-refractivity contribution is -0.127. The highest BCUT2D eigenvalue weighted by Crippen LogP contribution is 2.17. The first-order chi connectivity index (χ1) is 9.56. The molecule has 0 radical (unpaired) electrons. The van der Waals surface area contributed by atoms with E-state index in [2.05, 4.69) is 5.32 Å². The Balaban J connectivity index is 1.81. The summed E-state index contributed by atoms with van der Waals surface area (Å²) in [4.78, 5) is 11.8. The number of benzene rings is 1. The van der Waals surface area contributed by atoms with Crippen LogP contribution in [-0.4, -0.2) is 31.3 Å². The van der Waals surface area contributed by atoms with Crippen molar-refractivity contribution >= 4 is 5.91 Å². The first-order valence-electron chi connectivity index (χ1n) is 6.57. The van der Waals surface area contributed by atoms with E-state index >= 15 is 0 Å². The third kappa shape index (κ3) is 3.90. The molecule has 1 saturated heterocycles. The molecule has 2 unspecified atom stereocenters. The van der Waals surface area contributed by atoms with Gasteiger partial charge in [-0.2, -0.15) is 0 Å². The van der Waals surface area contributed by atoms with Crippen molar-refractivity contribution in [3.8, 4) is 5.75 Å². The van der Waals surface area contributed by atoms with Gasteiger partial charge in [-0.1, -0.05) is 0 Å². The molecular weight excluding hydrogens is 268 g/mol. The van der Waals surface area contributed by atoms with Gasteiger partial charge in [0.1, 0.15) is 5.75 Å². The van der Waals surface area contributed by atoms with Crippen LogP contribution in [0.15, 0.2) is 18.2 Å². The number of rotatable bonds is 5. The smallest absolute Gasteiger partial charge is 0.260 e. The average Bonchev–Trinajstić information content (AvgIpc) is 2.93. The number of carbonyl (C=O) groups is 1. The maximum Gasteiger partial charge on any atom is 0.260 e. The van der Waals surface area contributed by atoms with Gasteiger partial charge in [0.15, 0.2) is 17.7 Å². The van der Waals surface area contributed by atoms with Crippen molar-refractivity contribution in [2.75, 3.05) is 13.2 Å². The van der Waals surface area contributed by atoms with Crippen LogP contribution in [0, 0.1) is 11.6 Å². The van der Waals surface area contributed by atoms with Crippen LogP contribution in [0.4, 0.5) is 8.78 Å². The average molecular weight is 285 g/mol. The topological polar surface area (TPSA) is 47.6 Å². The molecule has 1 aliphatic rings. The predicted octanol–water partition coefficient (Wildman–Crippen LogP) is 2.03. The summed E-state index contributed by atoms with van der Waals surface area (Å²) >= 11 is 0. The van der Waals surface area contributed by atoms with Gasteiger partial charge >= 0.3 is 0 Å². The zero-order valence-corrected chi connectivity index (χ0v) is 11.2. The number of hydrogen-bond donors (Lipinski definition) is 1. The van der Waals surface area contributed by atoms with Gasteiger partial charge in [-0.3, -0.25) is 4.79 Å². The summed E-state index contributed by atoms with van der Waals surface area (Å²) in [6.45, 7) is 2.71. The molecule has 4 nitrogen and oxygen atoms in total. The summed E-state index contributed by atoms with van der Waals surface area (Å²) < 4.78 is 36.4. The Bertz CT molecular complexity index is 475. The minimum Gasteiger partial charge on any atom is -0.481 e. The molecule has 1 aromatic rings. The van der Waals surface area contributed by atoms with Crippen LogP contribution in [0.25, 0.3) is 0 Å². The van der Waals surface area contributed by atoms with Crippen LogP contribution in [0.1, 0.15) is 19.8 Å². The maximum absolute atomic E-state index is 13.0. The molecule has 6 heteroatoms. The fraction of sp³-hybridized carbons (Fsp3) is 0.500. The Hall–Kier alpha value is -1.69. The van der Waals surface area contributed by atoms with Gasteiger partial charge in [-0.15, -0.1) is 0 Å². The van der Waals surface area contributed by atoms with Crippen molar-refractivity contribution in [1.29, 1.82) is 0 Å². The molecule has 0 saturated carbocycles. The number of hydrogen-bond acceptors (Lipinski definition) is 3. The van der Waals surface area contributed by atoms with Crippen LogP contribution >= 0.6 is 0 Å². The second-order valence-electron chi connectivity index (χ2n) is 4.72.